The summed E-state index contributed by atoms with van der Waals surface area (Å²) in [6.07, 6.45) is 0. The van der Waals surface area contributed by atoms with Crippen molar-refractivity contribution in [2.45, 2.75) is 19.9 Å². The average Bonchev–Trinajstić information content (AvgIpc) is 2.47. The van der Waals surface area contributed by atoms with Crippen LogP contribution in [0.15, 0.2) is 48.5 Å². The van der Waals surface area contributed by atoms with E-state index < -0.39 is 0 Å². The molecule has 0 aromatic heterocycles. The average molecular weight is 319 g/mol. The zero-order valence-corrected chi connectivity index (χ0v) is 13.3. The second kappa shape index (κ2) is 7.18. The molecule has 0 radical (unpaired) electrons. The molecule has 5 heteroatoms. The Hall–Kier alpha value is -2.20. The van der Waals surface area contributed by atoms with E-state index in [1.165, 1.54) is 0 Å². The van der Waals surface area contributed by atoms with Crippen molar-refractivity contribution >= 4 is 23.3 Å². The van der Waals surface area contributed by atoms with Crippen molar-refractivity contribution in [3.8, 4) is 5.75 Å². The Morgan fingerprint density at radius 1 is 1.27 bits per heavy atom. The predicted octanol–water partition coefficient (Wildman–Crippen LogP) is 4.66. The summed E-state index contributed by atoms with van der Waals surface area (Å²) >= 11 is 5.92. The molecule has 0 saturated carbocycles. The number of rotatable bonds is 4. The van der Waals surface area contributed by atoms with E-state index >= 15 is 0 Å². The van der Waals surface area contributed by atoms with Gasteiger partial charge >= 0.3 is 6.03 Å². The maximum atomic E-state index is 12.5. The number of hydrogen-bond acceptors (Lipinski definition) is 2. The van der Waals surface area contributed by atoms with E-state index in [0.717, 1.165) is 5.56 Å². The number of hydrogen-bond donors (Lipinski definition) is 2. The lowest BCUT2D eigenvalue weighted by Crippen LogP contribution is -2.36. The molecule has 0 aliphatic rings. The normalized spacial score (nSPS) is 11.8. The standard InChI is InChI=1S/C17H19ClN2O2/c1-3-20(12(2)13-6-4-9-16(21)10-13)17(22)19-15-8-5-7-14(18)11-15/h4-12,21H,3H2,1-2H3,(H,19,22). The molecule has 2 aromatic rings. The van der Waals surface area contributed by atoms with Crippen molar-refractivity contribution in [2.24, 2.45) is 0 Å². The third-order valence-corrected chi connectivity index (χ3v) is 3.73. The Labute approximate surface area is 135 Å². The minimum atomic E-state index is -0.208. The van der Waals surface area contributed by atoms with E-state index in [4.69, 9.17) is 11.6 Å². The summed E-state index contributed by atoms with van der Waals surface area (Å²) in [7, 11) is 0. The van der Waals surface area contributed by atoms with Crippen LogP contribution in [0.4, 0.5) is 10.5 Å². The number of benzene rings is 2. The Balaban J connectivity index is 2.14. The predicted molar refractivity (Wildman–Crippen MR) is 89.4 cm³/mol. The first kappa shape index (κ1) is 16.2. The number of carbonyl (C=O) groups excluding carboxylic acids is 1. The van der Waals surface area contributed by atoms with Crippen molar-refractivity contribution < 1.29 is 9.90 Å². The number of carbonyl (C=O) groups is 1. The van der Waals surface area contributed by atoms with Crippen LogP contribution in [0.3, 0.4) is 0 Å². The summed E-state index contributed by atoms with van der Waals surface area (Å²) in [5.41, 5.74) is 1.53. The van der Waals surface area contributed by atoms with Gasteiger partial charge in [-0.3, -0.25) is 0 Å². The summed E-state index contributed by atoms with van der Waals surface area (Å²) < 4.78 is 0. The van der Waals surface area contributed by atoms with Crippen molar-refractivity contribution in [2.75, 3.05) is 11.9 Å². The molecular weight excluding hydrogens is 300 g/mol. The molecule has 0 saturated heterocycles. The highest BCUT2D eigenvalue weighted by Crippen LogP contribution is 2.24. The maximum Gasteiger partial charge on any atom is 0.322 e. The summed E-state index contributed by atoms with van der Waals surface area (Å²) in [6.45, 7) is 4.38. The summed E-state index contributed by atoms with van der Waals surface area (Å²) in [6, 6.07) is 13.6. The van der Waals surface area contributed by atoms with Crippen molar-refractivity contribution in [3.05, 3.63) is 59.1 Å². The van der Waals surface area contributed by atoms with E-state index in [9.17, 15) is 9.90 Å². The molecular formula is C17H19ClN2O2. The largest absolute Gasteiger partial charge is 0.508 e. The van der Waals surface area contributed by atoms with Crippen molar-refractivity contribution in [1.82, 2.24) is 4.90 Å². The van der Waals surface area contributed by atoms with Crippen LogP contribution in [0.5, 0.6) is 5.75 Å². The molecule has 0 aliphatic carbocycles. The number of urea groups is 1. The molecule has 1 unspecified atom stereocenters. The zero-order valence-electron chi connectivity index (χ0n) is 12.6. The van der Waals surface area contributed by atoms with Gasteiger partial charge < -0.3 is 15.3 Å². The first-order valence-corrected chi connectivity index (χ1v) is 7.51. The van der Waals surface area contributed by atoms with Crippen LogP contribution in [0.2, 0.25) is 5.02 Å². The van der Waals surface area contributed by atoms with Crippen LogP contribution in [-0.4, -0.2) is 22.6 Å². The molecule has 2 N–H and O–H groups in total. The van der Waals surface area contributed by atoms with Gasteiger partial charge in [0.15, 0.2) is 0 Å². The zero-order chi connectivity index (χ0) is 16.1. The number of phenolic OH excluding ortho intramolecular Hbond substituents is 1. The van der Waals surface area contributed by atoms with E-state index in [1.807, 2.05) is 19.9 Å². The SMILES string of the molecule is CCN(C(=O)Nc1cccc(Cl)c1)C(C)c1cccc(O)c1. The molecule has 0 aliphatic heterocycles. The molecule has 0 heterocycles. The van der Waals surface area contributed by atoms with Gasteiger partial charge in [0, 0.05) is 17.3 Å². The molecule has 2 amide bonds. The van der Waals surface area contributed by atoms with Gasteiger partial charge in [0.1, 0.15) is 5.75 Å². The van der Waals surface area contributed by atoms with E-state index in [0.29, 0.717) is 17.3 Å². The molecule has 22 heavy (non-hydrogen) atoms. The Kier molecular flexibility index (Phi) is 5.28. The van der Waals surface area contributed by atoms with Crippen LogP contribution in [0.1, 0.15) is 25.5 Å². The third kappa shape index (κ3) is 3.92. The number of nitrogens with zero attached hydrogens (tertiary/aromatic N) is 1. The van der Waals surface area contributed by atoms with E-state index in [-0.39, 0.29) is 17.8 Å². The van der Waals surface area contributed by atoms with Crippen LogP contribution >= 0.6 is 11.6 Å². The van der Waals surface area contributed by atoms with Gasteiger partial charge in [0.2, 0.25) is 0 Å². The fourth-order valence-electron chi connectivity index (χ4n) is 2.32. The number of amides is 2. The molecule has 2 rings (SSSR count). The Bertz CT molecular complexity index is 661. The number of anilines is 1. The highest BCUT2D eigenvalue weighted by atomic mass is 35.5. The first-order valence-electron chi connectivity index (χ1n) is 7.13. The minimum absolute atomic E-state index is 0.156. The van der Waals surface area contributed by atoms with Crippen molar-refractivity contribution in [1.29, 1.82) is 0 Å². The quantitative estimate of drug-likeness (QED) is 0.861. The molecule has 4 nitrogen and oxygen atoms in total. The van der Waals surface area contributed by atoms with Gasteiger partial charge in [-0.15, -0.1) is 0 Å². The van der Waals surface area contributed by atoms with Crippen LogP contribution in [0, 0.1) is 0 Å². The number of aromatic hydroxyl groups is 1. The maximum absolute atomic E-state index is 12.5. The minimum Gasteiger partial charge on any atom is -0.508 e. The molecule has 1 atom stereocenters. The second-order valence-corrected chi connectivity index (χ2v) is 5.43. The Morgan fingerprint density at radius 3 is 2.64 bits per heavy atom. The smallest absolute Gasteiger partial charge is 0.322 e. The molecule has 0 spiro atoms. The van der Waals surface area contributed by atoms with Gasteiger partial charge in [-0.25, -0.2) is 4.79 Å². The van der Waals surface area contributed by atoms with Crippen LogP contribution in [0.25, 0.3) is 0 Å². The molecule has 2 aromatic carbocycles. The van der Waals surface area contributed by atoms with Gasteiger partial charge in [-0.2, -0.15) is 0 Å². The Morgan fingerprint density at radius 2 is 2.00 bits per heavy atom. The van der Waals surface area contributed by atoms with E-state index in [2.05, 4.69) is 5.32 Å². The molecule has 0 fully saturated rings. The number of halogens is 1. The summed E-state index contributed by atoms with van der Waals surface area (Å²) in [5.74, 6) is 0.190. The fourth-order valence-corrected chi connectivity index (χ4v) is 2.51. The van der Waals surface area contributed by atoms with Crippen LogP contribution < -0.4 is 5.32 Å². The van der Waals surface area contributed by atoms with E-state index in [1.54, 1.807) is 47.4 Å². The second-order valence-electron chi connectivity index (χ2n) is 5.00. The highest BCUT2D eigenvalue weighted by molar-refractivity contribution is 6.30. The van der Waals surface area contributed by atoms with Gasteiger partial charge in [0.05, 0.1) is 6.04 Å². The van der Waals surface area contributed by atoms with Gasteiger partial charge in [-0.1, -0.05) is 29.8 Å². The van der Waals surface area contributed by atoms with Gasteiger partial charge in [0.25, 0.3) is 0 Å². The number of phenols is 1. The fraction of sp³-hybridized carbons (Fsp3) is 0.235. The van der Waals surface area contributed by atoms with Crippen LogP contribution in [-0.2, 0) is 0 Å². The lowest BCUT2D eigenvalue weighted by atomic mass is 10.1. The van der Waals surface area contributed by atoms with Gasteiger partial charge in [-0.05, 0) is 49.7 Å². The van der Waals surface area contributed by atoms with Crippen molar-refractivity contribution in [3.63, 3.8) is 0 Å². The molecule has 0 bridgehead atoms. The third-order valence-electron chi connectivity index (χ3n) is 3.50. The summed E-state index contributed by atoms with van der Waals surface area (Å²) in [4.78, 5) is 14.2. The molecule has 116 valence electrons. The highest BCUT2D eigenvalue weighted by Gasteiger charge is 2.20. The number of nitrogens with one attached hydrogen (secondary N) is 1. The summed E-state index contributed by atoms with van der Waals surface area (Å²) in [5, 5.41) is 13.0. The topological polar surface area (TPSA) is 52.6 Å². The lowest BCUT2D eigenvalue weighted by Gasteiger charge is -2.28. The lowest BCUT2D eigenvalue weighted by molar-refractivity contribution is 0.197. The monoisotopic (exact) mass is 318 g/mol. The first-order chi connectivity index (χ1) is 10.5.